The van der Waals surface area contributed by atoms with Gasteiger partial charge in [-0.1, -0.05) is 54.6 Å². The lowest BCUT2D eigenvalue weighted by atomic mass is 9.59. The van der Waals surface area contributed by atoms with Crippen LogP contribution in [0, 0.1) is 5.92 Å². The normalized spacial score (nSPS) is 23.5. The summed E-state index contributed by atoms with van der Waals surface area (Å²) in [7, 11) is -3.42. The fourth-order valence-electron chi connectivity index (χ4n) is 4.66. The Morgan fingerprint density at radius 1 is 0.885 bits per heavy atom. The monoisotopic (exact) mass is 381 g/mol. The Kier molecular flexibility index (Phi) is 3.78. The third-order valence-corrected chi connectivity index (χ3v) is 8.54. The summed E-state index contributed by atoms with van der Waals surface area (Å²) in [6.07, 6.45) is 0.992. The molecule has 1 heterocycles. The lowest BCUT2D eigenvalue weighted by Gasteiger charge is -2.45. The van der Waals surface area contributed by atoms with Gasteiger partial charge in [-0.3, -0.25) is 0 Å². The molecule has 0 unspecified atom stereocenters. The van der Waals surface area contributed by atoms with Gasteiger partial charge in [-0.2, -0.15) is 0 Å². The van der Waals surface area contributed by atoms with E-state index in [1.165, 1.54) is 33.6 Å². The molecule has 26 heavy (non-hydrogen) atoms. The van der Waals surface area contributed by atoms with Gasteiger partial charge in [0.05, 0.1) is 0 Å². The van der Waals surface area contributed by atoms with E-state index in [0.29, 0.717) is 16.7 Å². The maximum atomic E-state index is 12.5. The van der Waals surface area contributed by atoms with Gasteiger partial charge in [-0.05, 0) is 46.0 Å². The zero-order valence-electron chi connectivity index (χ0n) is 14.1. The van der Waals surface area contributed by atoms with E-state index >= 15 is 0 Å². The predicted molar refractivity (Wildman–Crippen MR) is 104 cm³/mol. The number of hydrogen-bond acceptors (Lipinski definition) is 3. The Morgan fingerprint density at radius 2 is 1.50 bits per heavy atom. The summed E-state index contributed by atoms with van der Waals surface area (Å²) < 4.78 is 28.3. The van der Waals surface area contributed by atoms with E-state index in [1.54, 1.807) is 17.5 Å². The number of hydrogen-bond donors (Lipinski definition) is 1. The molecule has 0 spiro atoms. The van der Waals surface area contributed by atoms with Crippen molar-refractivity contribution < 1.29 is 8.42 Å². The van der Waals surface area contributed by atoms with Gasteiger partial charge in [-0.15, -0.1) is 11.3 Å². The van der Waals surface area contributed by atoms with Crippen LogP contribution >= 0.6 is 11.3 Å². The summed E-state index contributed by atoms with van der Waals surface area (Å²) in [5.41, 5.74) is 5.55. The van der Waals surface area contributed by atoms with Crippen molar-refractivity contribution in [3.63, 3.8) is 0 Å². The van der Waals surface area contributed by atoms with Crippen LogP contribution in [0.15, 0.2) is 70.3 Å². The SMILES string of the molecule is O=S(=O)(NC[C@H]1CC2c3ccccc3C1c1ccccc12)c1cccs1. The first-order chi connectivity index (χ1) is 12.6. The Bertz CT molecular complexity index is 1010. The molecule has 3 aromatic rings. The average molecular weight is 382 g/mol. The lowest BCUT2D eigenvalue weighted by Crippen LogP contribution is -2.39. The fourth-order valence-corrected chi connectivity index (χ4v) is 6.80. The molecule has 3 aliphatic rings. The molecule has 5 heteroatoms. The molecule has 0 amide bonds. The number of thiophene rings is 1. The van der Waals surface area contributed by atoms with Crippen molar-refractivity contribution in [3.8, 4) is 0 Å². The zero-order chi connectivity index (χ0) is 17.7. The van der Waals surface area contributed by atoms with E-state index in [1.807, 2.05) is 0 Å². The number of rotatable bonds is 4. The summed E-state index contributed by atoms with van der Waals surface area (Å²) in [6, 6.07) is 20.7. The molecule has 2 bridgehead atoms. The standard InChI is InChI=1S/C21H19NO2S2/c23-26(24,20-10-5-11-25-20)22-13-14-12-19-15-6-1-3-8-17(15)21(14)18-9-4-2-7-16(18)19/h1-11,14,19,21-22H,12-13H2/t14-,19?,21?/m1/s1. The number of sulfonamides is 1. The molecule has 0 fully saturated rings. The maximum Gasteiger partial charge on any atom is 0.250 e. The van der Waals surface area contributed by atoms with E-state index in [0.717, 1.165) is 6.42 Å². The third-order valence-electron chi connectivity index (χ3n) is 5.72. The van der Waals surface area contributed by atoms with Gasteiger partial charge in [0, 0.05) is 18.4 Å². The van der Waals surface area contributed by atoms with Crippen LogP contribution in [0.5, 0.6) is 0 Å². The highest BCUT2D eigenvalue weighted by molar-refractivity contribution is 7.91. The first-order valence-corrected chi connectivity index (χ1v) is 11.2. The Morgan fingerprint density at radius 3 is 2.08 bits per heavy atom. The van der Waals surface area contributed by atoms with E-state index in [9.17, 15) is 8.42 Å². The van der Waals surface area contributed by atoms with Crippen LogP contribution < -0.4 is 4.72 Å². The molecule has 0 saturated heterocycles. The van der Waals surface area contributed by atoms with Gasteiger partial charge in [0.25, 0.3) is 0 Å². The van der Waals surface area contributed by atoms with E-state index in [2.05, 4.69) is 53.3 Å². The van der Waals surface area contributed by atoms with E-state index in [-0.39, 0.29) is 11.8 Å². The summed E-state index contributed by atoms with van der Waals surface area (Å²) in [6.45, 7) is 0.476. The highest BCUT2D eigenvalue weighted by Gasteiger charge is 2.43. The van der Waals surface area contributed by atoms with E-state index < -0.39 is 10.0 Å². The predicted octanol–water partition coefficient (Wildman–Crippen LogP) is 4.32. The first kappa shape index (κ1) is 16.2. The summed E-state index contributed by atoms with van der Waals surface area (Å²) in [5.74, 6) is 0.904. The molecule has 3 aliphatic carbocycles. The molecule has 0 saturated carbocycles. The molecule has 1 aromatic heterocycles. The Balaban J connectivity index is 1.49. The highest BCUT2D eigenvalue weighted by atomic mass is 32.2. The minimum Gasteiger partial charge on any atom is -0.210 e. The summed E-state index contributed by atoms with van der Waals surface area (Å²) in [5, 5.41) is 1.80. The van der Waals surface area contributed by atoms with Gasteiger partial charge < -0.3 is 0 Å². The molecule has 6 rings (SSSR count). The van der Waals surface area contributed by atoms with Gasteiger partial charge in [0.15, 0.2) is 0 Å². The molecule has 2 aromatic carbocycles. The summed E-state index contributed by atoms with van der Waals surface area (Å²) >= 11 is 1.26. The second kappa shape index (κ2) is 6.05. The molecular formula is C21H19NO2S2. The number of benzene rings is 2. The Labute approximate surface area is 157 Å². The molecule has 0 radical (unpaired) electrons. The fraction of sp³-hybridized carbons (Fsp3) is 0.238. The highest BCUT2D eigenvalue weighted by Crippen LogP contribution is 2.55. The third kappa shape index (κ3) is 2.46. The first-order valence-electron chi connectivity index (χ1n) is 8.86. The van der Waals surface area contributed by atoms with Crippen molar-refractivity contribution in [1.29, 1.82) is 0 Å². The van der Waals surface area contributed by atoms with Crippen molar-refractivity contribution >= 4 is 21.4 Å². The lowest BCUT2D eigenvalue weighted by molar-refractivity contribution is 0.355. The van der Waals surface area contributed by atoms with Crippen LogP contribution in [-0.4, -0.2) is 15.0 Å². The van der Waals surface area contributed by atoms with Crippen molar-refractivity contribution in [2.24, 2.45) is 5.92 Å². The van der Waals surface area contributed by atoms with Gasteiger partial charge in [0.1, 0.15) is 4.21 Å². The smallest absolute Gasteiger partial charge is 0.210 e. The minimum absolute atomic E-state index is 0.262. The Hall–Kier alpha value is -1.95. The van der Waals surface area contributed by atoms with Crippen LogP contribution in [0.25, 0.3) is 0 Å². The molecule has 0 aliphatic heterocycles. The van der Waals surface area contributed by atoms with Gasteiger partial charge in [-0.25, -0.2) is 13.1 Å². The van der Waals surface area contributed by atoms with Crippen LogP contribution in [-0.2, 0) is 10.0 Å². The topological polar surface area (TPSA) is 46.2 Å². The largest absolute Gasteiger partial charge is 0.250 e. The number of fused-ring (bicyclic) bond motifs is 1. The average Bonchev–Trinajstić information content (AvgIpc) is 3.22. The maximum absolute atomic E-state index is 12.5. The molecule has 1 N–H and O–H groups in total. The molecule has 132 valence electrons. The van der Waals surface area contributed by atoms with Gasteiger partial charge in [0.2, 0.25) is 10.0 Å². The molecule has 1 atom stereocenters. The number of nitrogens with one attached hydrogen (secondary N) is 1. The second-order valence-electron chi connectivity index (χ2n) is 7.07. The van der Waals surface area contributed by atoms with Crippen molar-refractivity contribution in [2.45, 2.75) is 22.5 Å². The van der Waals surface area contributed by atoms with E-state index in [4.69, 9.17) is 0 Å². The van der Waals surface area contributed by atoms with Gasteiger partial charge >= 0.3 is 0 Å². The van der Waals surface area contributed by atoms with Crippen molar-refractivity contribution in [1.82, 2.24) is 4.72 Å². The minimum atomic E-state index is -3.42. The molecule has 3 nitrogen and oxygen atoms in total. The quantitative estimate of drug-likeness (QED) is 0.731. The zero-order valence-corrected chi connectivity index (χ0v) is 15.8. The van der Waals surface area contributed by atoms with Crippen LogP contribution in [0.1, 0.15) is 40.5 Å². The van der Waals surface area contributed by atoms with Crippen LogP contribution in [0.2, 0.25) is 0 Å². The van der Waals surface area contributed by atoms with Crippen molar-refractivity contribution in [2.75, 3.05) is 6.54 Å². The van der Waals surface area contributed by atoms with Crippen LogP contribution in [0.3, 0.4) is 0 Å². The second-order valence-corrected chi connectivity index (χ2v) is 10.0. The molecular weight excluding hydrogens is 362 g/mol. The van der Waals surface area contributed by atoms with Crippen molar-refractivity contribution in [3.05, 3.63) is 88.3 Å². The van der Waals surface area contributed by atoms with Crippen LogP contribution in [0.4, 0.5) is 0 Å². The summed E-state index contributed by atoms with van der Waals surface area (Å²) in [4.78, 5) is 0.